The summed E-state index contributed by atoms with van der Waals surface area (Å²) in [4.78, 5) is 10.7. The van der Waals surface area contributed by atoms with Crippen molar-refractivity contribution in [1.82, 2.24) is 0 Å². The summed E-state index contributed by atoms with van der Waals surface area (Å²) in [6.07, 6.45) is 0. The number of primary amides is 1. The molecule has 1 aromatic carbocycles. The summed E-state index contributed by atoms with van der Waals surface area (Å²) >= 11 is -2.16. The predicted octanol–water partition coefficient (Wildman–Crippen LogP) is 0.366. The van der Waals surface area contributed by atoms with Crippen LogP contribution in [0, 0.1) is 0 Å². The van der Waals surface area contributed by atoms with Crippen molar-refractivity contribution in [3.05, 3.63) is 29.8 Å². The van der Waals surface area contributed by atoms with Crippen LogP contribution in [0.2, 0.25) is 0 Å². The van der Waals surface area contributed by atoms with Gasteiger partial charge in [0.15, 0.2) is 11.1 Å². The molecule has 1 amide bonds. The predicted molar refractivity (Wildman–Crippen MR) is 44.0 cm³/mol. The fourth-order valence-electron chi connectivity index (χ4n) is 0.822. The van der Waals surface area contributed by atoms with Gasteiger partial charge in [-0.15, -0.1) is 0 Å². The maximum atomic E-state index is 10.7. The van der Waals surface area contributed by atoms with Gasteiger partial charge in [0, 0.05) is 0 Å². The topological polar surface area (TPSA) is 80.4 Å². The number of carbonyl (C=O) groups is 1. The van der Waals surface area contributed by atoms with Crippen LogP contribution in [0.5, 0.6) is 0 Å². The summed E-state index contributed by atoms with van der Waals surface area (Å²) in [6, 6.07) is 5.94. The van der Waals surface area contributed by atoms with E-state index in [-0.39, 0.29) is 10.5 Å². The zero-order valence-electron chi connectivity index (χ0n) is 6.06. The molecule has 0 aliphatic rings. The van der Waals surface area contributed by atoms with E-state index in [2.05, 4.69) is 0 Å². The van der Waals surface area contributed by atoms with Gasteiger partial charge in [-0.25, -0.2) is 4.21 Å². The summed E-state index contributed by atoms with van der Waals surface area (Å²) < 4.78 is 19.3. The summed E-state index contributed by atoms with van der Waals surface area (Å²) in [5.74, 6) is -0.701. The van der Waals surface area contributed by atoms with Crippen LogP contribution in [-0.2, 0) is 11.1 Å². The monoisotopic (exact) mass is 185 g/mol. The number of carbonyl (C=O) groups excluding carboxylic acids is 1. The molecule has 0 saturated heterocycles. The first kappa shape index (κ1) is 8.89. The average Bonchev–Trinajstić information content (AvgIpc) is 2.04. The molecule has 3 N–H and O–H groups in total. The highest BCUT2D eigenvalue weighted by atomic mass is 32.2. The molecule has 0 aromatic heterocycles. The van der Waals surface area contributed by atoms with Crippen molar-refractivity contribution in [3.8, 4) is 0 Å². The van der Waals surface area contributed by atoms with Gasteiger partial charge in [-0.3, -0.25) is 4.79 Å². The molecule has 1 rings (SSSR count). The van der Waals surface area contributed by atoms with Crippen molar-refractivity contribution in [1.29, 1.82) is 0 Å². The minimum atomic E-state index is -2.16. The molecule has 1 aromatic rings. The molecule has 0 aliphatic carbocycles. The van der Waals surface area contributed by atoms with Crippen LogP contribution in [0.4, 0.5) is 0 Å². The van der Waals surface area contributed by atoms with Crippen LogP contribution in [0.3, 0.4) is 0 Å². The SMILES string of the molecule is NC(=O)c1ccccc1S(=O)O. The van der Waals surface area contributed by atoms with Gasteiger partial charge in [0.05, 0.1) is 10.5 Å². The van der Waals surface area contributed by atoms with Crippen LogP contribution in [-0.4, -0.2) is 14.7 Å². The van der Waals surface area contributed by atoms with Crippen molar-refractivity contribution in [2.75, 3.05) is 0 Å². The summed E-state index contributed by atoms with van der Waals surface area (Å²) in [7, 11) is 0. The van der Waals surface area contributed by atoms with E-state index in [4.69, 9.17) is 10.3 Å². The Morgan fingerprint density at radius 2 is 2.00 bits per heavy atom. The fraction of sp³-hybridized carbons (Fsp3) is 0. The number of hydrogen-bond acceptors (Lipinski definition) is 2. The van der Waals surface area contributed by atoms with Gasteiger partial charge in [-0.2, -0.15) is 0 Å². The first-order chi connectivity index (χ1) is 5.63. The van der Waals surface area contributed by atoms with Gasteiger partial charge in [-0.05, 0) is 12.1 Å². The summed E-state index contributed by atoms with van der Waals surface area (Å²) in [5.41, 5.74) is 5.05. The molecule has 12 heavy (non-hydrogen) atoms. The van der Waals surface area contributed by atoms with Crippen LogP contribution in [0.1, 0.15) is 10.4 Å². The molecule has 1 atom stereocenters. The van der Waals surface area contributed by atoms with E-state index >= 15 is 0 Å². The Hall–Kier alpha value is -1.20. The minimum Gasteiger partial charge on any atom is -0.366 e. The zero-order chi connectivity index (χ0) is 9.14. The van der Waals surface area contributed by atoms with Gasteiger partial charge in [-0.1, -0.05) is 12.1 Å². The maximum absolute atomic E-state index is 10.7. The third-order valence-corrected chi connectivity index (χ3v) is 2.07. The Kier molecular flexibility index (Phi) is 2.57. The lowest BCUT2D eigenvalue weighted by molar-refractivity contribution is 0.0997. The highest BCUT2D eigenvalue weighted by Gasteiger charge is 2.10. The summed E-state index contributed by atoms with van der Waals surface area (Å²) in [6.45, 7) is 0. The first-order valence-corrected chi connectivity index (χ1v) is 4.23. The summed E-state index contributed by atoms with van der Waals surface area (Å²) in [5, 5.41) is 0. The highest BCUT2D eigenvalue weighted by Crippen LogP contribution is 2.10. The van der Waals surface area contributed by atoms with Gasteiger partial charge < -0.3 is 10.3 Å². The second-order valence-corrected chi connectivity index (χ2v) is 3.05. The quantitative estimate of drug-likeness (QED) is 0.653. The van der Waals surface area contributed by atoms with Crippen LogP contribution in [0.15, 0.2) is 29.2 Å². The van der Waals surface area contributed by atoms with Crippen molar-refractivity contribution in [2.24, 2.45) is 5.73 Å². The normalized spacial score (nSPS) is 12.4. The minimum absolute atomic E-state index is 0.0463. The van der Waals surface area contributed by atoms with E-state index in [1.807, 2.05) is 0 Å². The van der Waals surface area contributed by atoms with E-state index in [1.54, 1.807) is 12.1 Å². The second kappa shape index (κ2) is 3.46. The molecule has 0 aliphatic heterocycles. The lowest BCUT2D eigenvalue weighted by Crippen LogP contribution is -2.13. The Morgan fingerprint density at radius 1 is 1.42 bits per heavy atom. The molecule has 0 fully saturated rings. The number of benzene rings is 1. The van der Waals surface area contributed by atoms with Gasteiger partial charge in [0.1, 0.15) is 0 Å². The molecular weight excluding hydrogens is 178 g/mol. The molecule has 0 bridgehead atoms. The Morgan fingerprint density at radius 3 is 2.42 bits per heavy atom. The van der Waals surface area contributed by atoms with Crippen molar-refractivity contribution in [3.63, 3.8) is 0 Å². The van der Waals surface area contributed by atoms with Crippen molar-refractivity contribution < 1.29 is 13.6 Å². The smallest absolute Gasteiger partial charge is 0.250 e. The third kappa shape index (κ3) is 1.69. The number of amides is 1. The Balaban J connectivity index is 3.27. The lowest BCUT2D eigenvalue weighted by atomic mass is 10.2. The molecular formula is C7H7NO3S. The van der Waals surface area contributed by atoms with E-state index < -0.39 is 17.0 Å². The molecule has 4 nitrogen and oxygen atoms in total. The maximum Gasteiger partial charge on any atom is 0.250 e. The molecule has 0 saturated carbocycles. The fourth-order valence-corrected chi connectivity index (χ4v) is 1.37. The molecule has 0 radical (unpaired) electrons. The Labute approximate surface area is 71.7 Å². The highest BCUT2D eigenvalue weighted by molar-refractivity contribution is 7.79. The standard InChI is InChI=1S/C7H7NO3S/c8-7(9)5-3-1-2-4-6(5)12(10)11/h1-4H,(H2,8,9)(H,10,11). The largest absolute Gasteiger partial charge is 0.366 e. The van der Waals surface area contributed by atoms with Crippen LogP contribution in [0.25, 0.3) is 0 Å². The zero-order valence-corrected chi connectivity index (χ0v) is 6.88. The number of rotatable bonds is 2. The van der Waals surface area contributed by atoms with Gasteiger partial charge in [0.2, 0.25) is 5.91 Å². The second-order valence-electron chi connectivity index (χ2n) is 2.11. The molecule has 0 heterocycles. The van der Waals surface area contributed by atoms with E-state index in [1.165, 1.54) is 12.1 Å². The van der Waals surface area contributed by atoms with Crippen molar-refractivity contribution >= 4 is 17.0 Å². The van der Waals surface area contributed by atoms with Crippen LogP contribution < -0.4 is 5.73 Å². The Bertz CT molecular complexity index is 304. The lowest BCUT2D eigenvalue weighted by Gasteiger charge is -1.99. The van der Waals surface area contributed by atoms with E-state index in [0.29, 0.717) is 0 Å². The van der Waals surface area contributed by atoms with E-state index in [9.17, 15) is 9.00 Å². The average molecular weight is 185 g/mol. The molecule has 5 heteroatoms. The van der Waals surface area contributed by atoms with Gasteiger partial charge >= 0.3 is 0 Å². The van der Waals surface area contributed by atoms with Crippen molar-refractivity contribution in [2.45, 2.75) is 4.90 Å². The van der Waals surface area contributed by atoms with Gasteiger partial charge in [0.25, 0.3) is 0 Å². The van der Waals surface area contributed by atoms with E-state index in [0.717, 1.165) is 0 Å². The first-order valence-electron chi connectivity index (χ1n) is 3.12. The molecule has 1 unspecified atom stereocenters. The number of hydrogen-bond donors (Lipinski definition) is 2. The number of nitrogens with two attached hydrogens (primary N) is 1. The molecule has 64 valence electrons. The molecule has 0 spiro atoms. The van der Waals surface area contributed by atoms with Crippen LogP contribution >= 0.6 is 0 Å². The third-order valence-electron chi connectivity index (χ3n) is 1.34.